The van der Waals surface area contributed by atoms with Crippen molar-refractivity contribution in [1.29, 1.82) is 0 Å². The van der Waals surface area contributed by atoms with E-state index in [2.05, 4.69) is 4.90 Å². The Kier molecular flexibility index (Phi) is 5.26. The lowest BCUT2D eigenvalue weighted by atomic mass is 10.0. The van der Waals surface area contributed by atoms with E-state index in [1.807, 2.05) is 13.8 Å². The first-order chi connectivity index (χ1) is 7.11. The first-order valence-electron chi connectivity index (χ1n) is 6.13. The van der Waals surface area contributed by atoms with Crippen molar-refractivity contribution in [3.05, 3.63) is 0 Å². The van der Waals surface area contributed by atoms with Crippen LogP contribution in [0.3, 0.4) is 0 Å². The van der Waals surface area contributed by atoms with Crippen molar-refractivity contribution >= 4 is 5.78 Å². The van der Waals surface area contributed by atoms with Gasteiger partial charge in [0.05, 0.1) is 6.04 Å². The van der Waals surface area contributed by atoms with E-state index < -0.39 is 0 Å². The number of carbonyl (C=O) groups is 1. The van der Waals surface area contributed by atoms with Gasteiger partial charge in [-0.15, -0.1) is 0 Å². The number of nitrogens with zero attached hydrogens (tertiary/aromatic N) is 1. The molecule has 0 amide bonds. The minimum absolute atomic E-state index is 0.0620. The monoisotopic (exact) mass is 212 g/mol. The molecule has 0 bridgehead atoms. The molecule has 0 aliphatic carbocycles. The molecule has 0 aromatic heterocycles. The van der Waals surface area contributed by atoms with Crippen LogP contribution in [-0.4, -0.2) is 36.4 Å². The molecular weight excluding hydrogens is 188 g/mol. The molecule has 0 aromatic carbocycles. The molecule has 0 saturated carbocycles. The molecule has 3 heteroatoms. The average molecular weight is 212 g/mol. The maximum atomic E-state index is 11.7. The summed E-state index contributed by atoms with van der Waals surface area (Å²) in [5.41, 5.74) is 5.91. The summed E-state index contributed by atoms with van der Waals surface area (Å²) in [7, 11) is 0. The van der Waals surface area contributed by atoms with E-state index in [4.69, 9.17) is 5.73 Å². The molecule has 1 saturated heterocycles. The quantitative estimate of drug-likeness (QED) is 0.766. The number of Topliss-reactive ketones (excluding diaryl/α,β-unsaturated/α-hetero) is 1. The molecule has 3 nitrogen and oxygen atoms in total. The normalized spacial score (nSPS) is 21.3. The summed E-state index contributed by atoms with van der Waals surface area (Å²) >= 11 is 0. The number of likely N-dealkylation sites (tertiary alicyclic amines) is 1. The molecule has 15 heavy (non-hydrogen) atoms. The number of ketones is 1. The molecule has 1 unspecified atom stereocenters. The van der Waals surface area contributed by atoms with Crippen LogP contribution in [0.25, 0.3) is 0 Å². The molecule has 0 radical (unpaired) electrons. The smallest absolute Gasteiger partial charge is 0.153 e. The third-order valence-corrected chi connectivity index (χ3v) is 3.09. The maximum Gasteiger partial charge on any atom is 0.153 e. The van der Waals surface area contributed by atoms with Crippen molar-refractivity contribution in [2.75, 3.05) is 19.6 Å². The van der Waals surface area contributed by atoms with Crippen LogP contribution in [0.2, 0.25) is 0 Å². The van der Waals surface area contributed by atoms with Gasteiger partial charge in [0, 0.05) is 12.5 Å². The summed E-state index contributed by atoms with van der Waals surface area (Å²) < 4.78 is 0. The Bertz CT molecular complexity index is 196. The Morgan fingerprint density at radius 3 is 2.20 bits per heavy atom. The Morgan fingerprint density at radius 2 is 1.73 bits per heavy atom. The fourth-order valence-corrected chi connectivity index (χ4v) is 2.12. The second-order valence-electron chi connectivity index (χ2n) is 4.88. The van der Waals surface area contributed by atoms with Crippen molar-refractivity contribution in [1.82, 2.24) is 4.90 Å². The van der Waals surface area contributed by atoms with Crippen molar-refractivity contribution < 1.29 is 4.79 Å². The molecule has 1 aliphatic rings. The van der Waals surface area contributed by atoms with Gasteiger partial charge in [-0.2, -0.15) is 0 Å². The highest BCUT2D eigenvalue weighted by atomic mass is 16.1. The van der Waals surface area contributed by atoms with Crippen molar-refractivity contribution in [3.8, 4) is 0 Å². The second-order valence-corrected chi connectivity index (χ2v) is 4.88. The first-order valence-corrected chi connectivity index (χ1v) is 6.13. The number of rotatable bonds is 4. The predicted molar refractivity (Wildman–Crippen MR) is 62.7 cm³/mol. The van der Waals surface area contributed by atoms with E-state index in [9.17, 15) is 4.79 Å². The highest BCUT2D eigenvalue weighted by molar-refractivity contribution is 5.85. The number of hydrogen-bond donors (Lipinski definition) is 1. The van der Waals surface area contributed by atoms with E-state index >= 15 is 0 Å². The van der Waals surface area contributed by atoms with Gasteiger partial charge < -0.3 is 10.6 Å². The fraction of sp³-hybridized carbons (Fsp3) is 0.917. The fourth-order valence-electron chi connectivity index (χ4n) is 2.12. The third kappa shape index (κ3) is 4.31. The van der Waals surface area contributed by atoms with E-state index in [1.165, 1.54) is 25.7 Å². The zero-order valence-corrected chi connectivity index (χ0v) is 10.0. The lowest BCUT2D eigenvalue weighted by molar-refractivity contribution is -0.123. The summed E-state index contributed by atoms with van der Waals surface area (Å²) in [6, 6.07) is -0.289. The molecule has 0 aromatic rings. The van der Waals surface area contributed by atoms with Crippen LogP contribution in [0.4, 0.5) is 0 Å². The molecule has 1 rings (SSSR count). The Labute approximate surface area is 93.0 Å². The lowest BCUT2D eigenvalue weighted by Gasteiger charge is -2.23. The van der Waals surface area contributed by atoms with E-state index in [1.54, 1.807) is 0 Å². The predicted octanol–water partition coefficient (Wildman–Crippen LogP) is 1.41. The second kappa shape index (κ2) is 6.23. The molecule has 0 spiro atoms. The van der Waals surface area contributed by atoms with Crippen LogP contribution in [0.1, 0.15) is 39.5 Å². The number of nitrogens with two attached hydrogens (primary N) is 1. The van der Waals surface area contributed by atoms with Gasteiger partial charge in [0.2, 0.25) is 0 Å². The van der Waals surface area contributed by atoms with Crippen LogP contribution >= 0.6 is 0 Å². The lowest BCUT2D eigenvalue weighted by Crippen LogP contribution is -2.44. The molecule has 1 heterocycles. The molecule has 88 valence electrons. The summed E-state index contributed by atoms with van der Waals surface area (Å²) in [6.07, 6.45) is 5.15. The van der Waals surface area contributed by atoms with Crippen LogP contribution < -0.4 is 5.73 Å². The van der Waals surface area contributed by atoms with E-state index in [0.717, 1.165) is 19.6 Å². The first kappa shape index (κ1) is 12.7. The van der Waals surface area contributed by atoms with Crippen molar-refractivity contribution in [2.24, 2.45) is 11.7 Å². The van der Waals surface area contributed by atoms with Crippen molar-refractivity contribution in [3.63, 3.8) is 0 Å². The topological polar surface area (TPSA) is 46.3 Å². The Balaban J connectivity index is 2.35. The van der Waals surface area contributed by atoms with Crippen LogP contribution in [-0.2, 0) is 4.79 Å². The van der Waals surface area contributed by atoms with Gasteiger partial charge in [0.1, 0.15) is 0 Å². The van der Waals surface area contributed by atoms with Gasteiger partial charge in [-0.05, 0) is 25.9 Å². The molecular formula is C12H24N2O. The summed E-state index contributed by atoms with van der Waals surface area (Å²) in [6.45, 7) is 6.81. The average Bonchev–Trinajstić information content (AvgIpc) is 2.45. The molecule has 1 fully saturated rings. The number of hydrogen-bond acceptors (Lipinski definition) is 3. The maximum absolute atomic E-state index is 11.7. The summed E-state index contributed by atoms with van der Waals surface area (Å²) in [4.78, 5) is 14.0. The Morgan fingerprint density at radius 1 is 1.20 bits per heavy atom. The van der Waals surface area contributed by atoms with Crippen LogP contribution in [0, 0.1) is 5.92 Å². The molecule has 2 N–H and O–H groups in total. The van der Waals surface area contributed by atoms with Gasteiger partial charge in [-0.25, -0.2) is 0 Å². The standard InChI is InChI=1S/C12H24N2O/c1-10(2)12(15)11(13)9-14-7-5-3-4-6-8-14/h10-11H,3-9,13H2,1-2H3. The van der Waals surface area contributed by atoms with Gasteiger partial charge in [-0.1, -0.05) is 26.7 Å². The minimum Gasteiger partial charge on any atom is -0.320 e. The van der Waals surface area contributed by atoms with E-state index in [-0.39, 0.29) is 17.7 Å². The van der Waals surface area contributed by atoms with Gasteiger partial charge in [-0.3, -0.25) is 4.79 Å². The molecule has 1 aliphatic heterocycles. The van der Waals surface area contributed by atoms with Gasteiger partial charge >= 0.3 is 0 Å². The Hall–Kier alpha value is -0.410. The zero-order chi connectivity index (χ0) is 11.3. The largest absolute Gasteiger partial charge is 0.320 e. The molecule has 1 atom stereocenters. The van der Waals surface area contributed by atoms with Crippen LogP contribution in [0.5, 0.6) is 0 Å². The van der Waals surface area contributed by atoms with Crippen LogP contribution in [0.15, 0.2) is 0 Å². The zero-order valence-electron chi connectivity index (χ0n) is 10.0. The van der Waals surface area contributed by atoms with Gasteiger partial charge in [0.15, 0.2) is 5.78 Å². The number of carbonyl (C=O) groups excluding carboxylic acids is 1. The third-order valence-electron chi connectivity index (χ3n) is 3.09. The SMILES string of the molecule is CC(C)C(=O)C(N)CN1CCCCCC1. The summed E-state index contributed by atoms with van der Waals surface area (Å²) in [5.74, 6) is 0.256. The van der Waals surface area contributed by atoms with E-state index in [0.29, 0.717) is 0 Å². The highest BCUT2D eigenvalue weighted by Crippen LogP contribution is 2.10. The van der Waals surface area contributed by atoms with Gasteiger partial charge in [0.25, 0.3) is 0 Å². The summed E-state index contributed by atoms with van der Waals surface area (Å²) in [5, 5.41) is 0. The van der Waals surface area contributed by atoms with Crippen molar-refractivity contribution in [2.45, 2.75) is 45.6 Å². The highest BCUT2D eigenvalue weighted by Gasteiger charge is 2.20. The minimum atomic E-state index is -0.289.